The van der Waals surface area contributed by atoms with Crippen molar-refractivity contribution in [2.75, 3.05) is 13.8 Å². The zero-order chi connectivity index (χ0) is 21.1. The van der Waals surface area contributed by atoms with E-state index >= 15 is 0 Å². The van der Waals surface area contributed by atoms with E-state index in [-0.39, 0.29) is 12.7 Å². The van der Waals surface area contributed by atoms with Crippen LogP contribution in [0.2, 0.25) is 0 Å². The summed E-state index contributed by atoms with van der Waals surface area (Å²) in [4.78, 5) is 25.5. The molecule has 3 aromatic carbocycles. The molecule has 4 rings (SSSR count). The predicted molar refractivity (Wildman–Crippen MR) is 110 cm³/mol. The summed E-state index contributed by atoms with van der Waals surface area (Å²) in [6, 6.07) is 19.0. The number of carbonyl (C=O) groups excluding carboxylic acids is 2. The summed E-state index contributed by atoms with van der Waals surface area (Å²) in [6.45, 7) is 0.664. The number of rotatable bonds is 6. The van der Waals surface area contributed by atoms with Crippen LogP contribution in [0, 0.1) is 0 Å². The first kappa shape index (κ1) is 19.3. The maximum absolute atomic E-state index is 12.7. The average molecular weight is 404 g/mol. The number of primary amides is 1. The van der Waals surface area contributed by atoms with E-state index in [4.69, 9.17) is 19.9 Å². The lowest BCUT2D eigenvalue weighted by molar-refractivity contribution is 0.0784. The Hall–Kier alpha value is -4.00. The van der Waals surface area contributed by atoms with E-state index in [1.54, 1.807) is 60.5 Å². The van der Waals surface area contributed by atoms with Gasteiger partial charge in [0, 0.05) is 24.7 Å². The number of hydrogen-bond acceptors (Lipinski definition) is 5. The van der Waals surface area contributed by atoms with Gasteiger partial charge in [-0.25, -0.2) is 0 Å². The molecule has 0 aliphatic carbocycles. The Morgan fingerprint density at radius 3 is 2.13 bits per heavy atom. The highest BCUT2D eigenvalue weighted by Gasteiger charge is 2.16. The second kappa shape index (κ2) is 8.16. The number of benzene rings is 3. The Balaban J connectivity index is 1.39. The van der Waals surface area contributed by atoms with Crippen molar-refractivity contribution in [1.29, 1.82) is 0 Å². The molecule has 1 aliphatic rings. The first-order valence-corrected chi connectivity index (χ1v) is 9.31. The Morgan fingerprint density at radius 1 is 0.900 bits per heavy atom. The number of carbonyl (C=O) groups is 2. The molecule has 0 aromatic heterocycles. The van der Waals surface area contributed by atoms with Crippen LogP contribution in [0.3, 0.4) is 0 Å². The predicted octanol–water partition coefficient (Wildman–Crippen LogP) is 3.58. The molecule has 1 aliphatic heterocycles. The van der Waals surface area contributed by atoms with Crippen molar-refractivity contribution < 1.29 is 23.8 Å². The highest BCUT2D eigenvalue weighted by molar-refractivity contribution is 5.94. The molecule has 7 nitrogen and oxygen atoms in total. The number of nitrogens with two attached hydrogens (primary N) is 1. The van der Waals surface area contributed by atoms with Crippen LogP contribution < -0.4 is 19.9 Å². The normalized spacial score (nSPS) is 11.8. The highest BCUT2D eigenvalue weighted by Crippen LogP contribution is 2.32. The molecule has 0 bridgehead atoms. The molecule has 0 unspecified atom stereocenters. The Morgan fingerprint density at radius 2 is 1.50 bits per heavy atom. The summed E-state index contributed by atoms with van der Waals surface area (Å²) in [5.74, 6) is 1.96. The van der Waals surface area contributed by atoms with Crippen molar-refractivity contribution in [3.05, 3.63) is 83.4 Å². The van der Waals surface area contributed by atoms with Crippen LogP contribution in [-0.4, -0.2) is 30.6 Å². The summed E-state index contributed by atoms with van der Waals surface area (Å²) < 4.78 is 16.4. The van der Waals surface area contributed by atoms with E-state index < -0.39 is 5.91 Å². The van der Waals surface area contributed by atoms with Crippen molar-refractivity contribution in [1.82, 2.24) is 4.90 Å². The van der Waals surface area contributed by atoms with Crippen molar-refractivity contribution in [3.63, 3.8) is 0 Å². The Bertz CT molecular complexity index is 1080. The van der Waals surface area contributed by atoms with E-state index in [2.05, 4.69) is 0 Å². The van der Waals surface area contributed by atoms with Crippen LogP contribution in [0.25, 0.3) is 0 Å². The van der Waals surface area contributed by atoms with Crippen molar-refractivity contribution in [2.24, 2.45) is 5.73 Å². The van der Waals surface area contributed by atoms with Gasteiger partial charge in [-0.1, -0.05) is 6.07 Å². The van der Waals surface area contributed by atoms with E-state index in [9.17, 15) is 9.59 Å². The molecule has 152 valence electrons. The number of fused-ring (bicyclic) bond motifs is 1. The van der Waals surface area contributed by atoms with Crippen LogP contribution in [0.1, 0.15) is 26.3 Å². The third-order valence-corrected chi connectivity index (χ3v) is 4.68. The molecule has 0 spiro atoms. The Labute approximate surface area is 173 Å². The molecule has 2 amide bonds. The molecule has 3 aromatic rings. The first-order chi connectivity index (χ1) is 14.5. The third kappa shape index (κ3) is 4.20. The van der Waals surface area contributed by atoms with E-state index in [1.165, 1.54) is 0 Å². The van der Waals surface area contributed by atoms with Crippen LogP contribution in [-0.2, 0) is 6.54 Å². The number of nitrogens with zero attached hydrogens (tertiary/aromatic N) is 1. The fourth-order valence-corrected chi connectivity index (χ4v) is 3.09. The van der Waals surface area contributed by atoms with Gasteiger partial charge in [0.1, 0.15) is 11.5 Å². The summed E-state index contributed by atoms with van der Waals surface area (Å²) in [5.41, 5.74) is 7.15. The minimum Gasteiger partial charge on any atom is -0.457 e. The largest absolute Gasteiger partial charge is 0.457 e. The zero-order valence-electron chi connectivity index (χ0n) is 16.3. The van der Waals surface area contributed by atoms with Gasteiger partial charge in [0.05, 0.1) is 0 Å². The lowest BCUT2D eigenvalue weighted by Gasteiger charge is -2.18. The quantitative estimate of drug-likeness (QED) is 0.678. The molecule has 7 heteroatoms. The van der Waals surface area contributed by atoms with Crippen LogP contribution in [0.4, 0.5) is 0 Å². The van der Waals surface area contributed by atoms with E-state index in [0.717, 1.165) is 5.56 Å². The van der Waals surface area contributed by atoms with Crippen LogP contribution >= 0.6 is 0 Å². The molecule has 0 atom stereocenters. The van der Waals surface area contributed by atoms with Gasteiger partial charge in [0.25, 0.3) is 5.91 Å². The minimum atomic E-state index is -0.491. The second-order valence-corrected chi connectivity index (χ2v) is 6.86. The molecular formula is C23H20N2O5. The van der Waals surface area contributed by atoms with Gasteiger partial charge >= 0.3 is 0 Å². The summed E-state index contributed by atoms with van der Waals surface area (Å²) in [7, 11) is 1.75. The van der Waals surface area contributed by atoms with E-state index in [0.29, 0.717) is 40.7 Å². The maximum Gasteiger partial charge on any atom is 0.253 e. The molecule has 30 heavy (non-hydrogen) atoms. The van der Waals surface area contributed by atoms with Crippen molar-refractivity contribution in [2.45, 2.75) is 6.54 Å². The first-order valence-electron chi connectivity index (χ1n) is 9.31. The van der Waals surface area contributed by atoms with Gasteiger partial charge in [-0.05, 0) is 66.2 Å². The van der Waals surface area contributed by atoms with Gasteiger partial charge in [0.15, 0.2) is 11.5 Å². The highest BCUT2D eigenvalue weighted by atomic mass is 16.7. The van der Waals surface area contributed by atoms with Crippen LogP contribution in [0.5, 0.6) is 23.0 Å². The third-order valence-electron chi connectivity index (χ3n) is 4.68. The molecule has 2 N–H and O–H groups in total. The Kier molecular flexibility index (Phi) is 5.26. The average Bonchev–Trinajstić information content (AvgIpc) is 3.22. The van der Waals surface area contributed by atoms with Crippen molar-refractivity contribution >= 4 is 11.8 Å². The number of ether oxygens (including phenoxy) is 3. The molecule has 0 saturated carbocycles. The lowest BCUT2D eigenvalue weighted by Crippen LogP contribution is -2.26. The number of amides is 2. The second-order valence-electron chi connectivity index (χ2n) is 6.86. The molecule has 1 heterocycles. The lowest BCUT2D eigenvalue weighted by atomic mass is 10.1. The fourth-order valence-electron chi connectivity index (χ4n) is 3.09. The van der Waals surface area contributed by atoms with Gasteiger partial charge in [0.2, 0.25) is 12.7 Å². The van der Waals surface area contributed by atoms with Gasteiger partial charge in [-0.3, -0.25) is 9.59 Å². The SMILES string of the molecule is CN(Cc1ccc2c(c1)OCO2)C(=O)c1ccc(Oc2ccc(C(N)=O)cc2)cc1. The maximum atomic E-state index is 12.7. The van der Waals surface area contributed by atoms with Gasteiger partial charge in [-0.15, -0.1) is 0 Å². The monoisotopic (exact) mass is 404 g/mol. The van der Waals surface area contributed by atoms with E-state index in [1.807, 2.05) is 18.2 Å². The molecular weight excluding hydrogens is 384 g/mol. The molecule has 0 fully saturated rings. The van der Waals surface area contributed by atoms with Gasteiger partial charge in [-0.2, -0.15) is 0 Å². The summed E-state index contributed by atoms with van der Waals surface area (Å²) in [6.07, 6.45) is 0. The smallest absolute Gasteiger partial charge is 0.253 e. The summed E-state index contributed by atoms with van der Waals surface area (Å²) >= 11 is 0. The van der Waals surface area contributed by atoms with Gasteiger partial charge < -0.3 is 24.8 Å². The van der Waals surface area contributed by atoms with Crippen molar-refractivity contribution in [3.8, 4) is 23.0 Å². The standard InChI is InChI=1S/C23H20N2O5/c1-25(13-15-2-11-20-21(12-15)29-14-28-20)23(27)17-5-9-19(10-6-17)30-18-7-3-16(4-8-18)22(24)26/h2-12H,13-14H2,1H3,(H2,24,26). The topological polar surface area (TPSA) is 91.1 Å². The summed E-state index contributed by atoms with van der Waals surface area (Å²) in [5, 5.41) is 0. The van der Waals surface area contributed by atoms with Crippen LogP contribution in [0.15, 0.2) is 66.7 Å². The fraction of sp³-hybridized carbons (Fsp3) is 0.130. The number of hydrogen-bond donors (Lipinski definition) is 1. The molecule has 0 radical (unpaired) electrons. The zero-order valence-corrected chi connectivity index (χ0v) is 16.3. The minimum absolute atomic E-state index is 0.106. The molecule has 0 saturated heterocycles.